The zero-order valence-electron chi connectivity index (χ0n) is 12.2. The molecule has 21 heavy (non-hydrogen) atoms. The molecule has 0 spiro atoms. The third-order valence-corrected chi connectivity index (χ3v) is 3.60. The maximum absolute atomic E-state index is 4.68. The van der Waals surface area contributed by atoms with Crippen LogP contribution in [0.15, 0.2) is 72.3 Å². The number of hydrogen-bond donors (Lipinski definition) is 0. The predicted molar refractivity (Wildman–Crippen MR) is 86.0 cm³/mol. The molecule has 0 fully saturated rings. The van der Waals surface area contributed by atoms with Gasteiger partial charge in [0.05, 0.1) is 0 Å². The molecule has 0 unspecified atom stereocenters. The van der Waals surface area contributed by atoms with E-state index in [4.69, 9.17) is 0 Å². The van der Waals surface area contributed by atoms with Gasteiger partial charge in [-0.25, -0.2) is 0 Å². The molecule has 0 atom stereocenters. The number of nitrogens with zero attached hydrogens (tertiary/aromatic N) is 1. The van der Waals surface area contributed by atoms with E-state index >= 15 is 0 Å². The molecule has 0 N–H and O–H groups in total. The van der Waals surface area contributed by atoms with E-state index in [9.17, 15) is 0 Å². The summed E-state index contributed by atoms with van der Waals surface area (Å²) in [6.45, 7) is 2.89. The summed E-state index contributed by atoms with van der Waals surface area (Å²) in [5.74, 6) is 0. The molecule has 104 valence electrons. The van der Waals surface area contributed by atoms with Gasteiger partial charge in [-0.15, -0.1) is 12.2 Å². The average Bonchev–Trinajstić information content (AvgIpc) is 2.93. The Morgan fingerprint density at radius 1 is 0.952 bits per heavy atom. The zero-order chi connectivity index (χ0) is 13.8. The van der Waals surface area contributed by atoms with Crippen LogP contribution in [-0.4, -0.2) is 0 Å². The summed E-state index contributed by atoms with van der Waals surface area (Å²) in [6.07, 6.45) is 5.59. The Balaban J connectivity index is 0.00000161. The van der Waals surface area contributed by atoms with Crippen LogP contribution in [0.4, 0.5) is 5.69 Å². The molecule has 2 aromatic rings. The minimum absolute atomic E-state index is 0. The first kappa shape index (κ1) is 15.8. The summed E-state index contributed by atoms with van der Waals surface area (Å²) in [5, 5.41) is 4.68. The van der Waals surface area contributed by atoms with Gasteiger partial charge in [0, 0.05) is 21.7 Å². The minimum Gasteiger partial charge on any atom is -0.681 e. The maximum atomic E-state index is 4.68. The summed E-state index contributed by atoms with van der Waals surface area (Å²) >= 11 is 0. The third-order valence-electron chi connectivity index (χ3n) is 3.60. The molecular formula is C19H18NTi-. The van der Waals surface area contributed by atoms with Crippen molar-refractivity contribution in [3.05, 3.63) is 88.8 Å². The van der Waals surface area contributed by atoms with Crippen molar-refractivity contribution >= 4 is 11.3 Å². The Hall–Kier alpha value is -1.57. The van der Waals surface area contributed by atoms with Crippen LogP contribution in [0.25, 0.3) is 10.9 Å². The van der Waals surface area contributed by atoms with Crippen LogP contribution in [0.1, 0.15) is 24.5 Å². The quantitative estimate of drug-likeness (QED) is 0.651. The zero-order valence-corrected chi connectivity index (χ0v) is 13.8. The molecule has 0 saturated heterocycles. The van der Waals surface area contributed by atoms with Gasteiger partial charge in [-0.1, -0.05) is 77.9 Å². The van der Waals surface area contributed by atoms with Crippen molar-refractivity contribution < 1.29 is 21.7 Å². The van der Waals surface area contributed by atoms with E-state index < -0.39 is 0 Å². The van der Waals surface area contributed by atoms with Gasteiger partial charge < -0.3 is 5.32 Å². The molecule has 1 aliphatic carbocycles. The Bertz CT molecular complexity index is 656. The SMILES string of the molecule is CC1=CCC(c2ccccc2C[N-]c2ccccc2)=C1.[Ti]. The number of para-hydroxylation sites is 1. The van der Waals surface area contributed by atoms with Gasteiger partial charge in [0.15, 0.2) is 0 Å². The Morgan fingerprint density at radius 2 is 1.67 bits per heavy atom. The van der Waals surface area contributed by atoms with Crippen molar-refractivity contribution in [3.8, 4) is 0 Å². The summed E-state index contributed by atoms with van der Waals surface area (Å²) in [5.41, 5.74) is 6.43. The van der Waals surface area contributed by atoms with Gasteiger partial charge >= 0.3 is 0 Å². The molecule has 2 heteroatoms. The van der Waals surface area contributed by atoms with Crippen LogP contribution >= 0.6 is 0 Å². The van der Waals surface area contributed by atoms with E-state index in [-0.39, 0.29) is 21.7 Å². The molecule has 3 rings (SSSR count). The van der Waals surface area contributed by atoms with E-state index in [0.29, 0.717) is 0 Å². The molecule has 0 bridgehead atoms. The van der Waals surface area contributed by atoms with E-state index in [1.54, 1.807) is 0 Å². The van der Waals surface area contributed by atoms with Gasteiger partial charge in [-0.3, -0.25) is 0 Å². The number of benzene rings is 2. The molecule has 0 aliphatic heterocycles. The van der Waals surface area contributed by atoms with Crippen molar-refractivity contribution in [2.24, 2.45) is 0 Å². The second kappa shape index (κ2) is 7.44. The fraction of sp³-hybridized carbons (Fsp3) is 0.158. The number of allylic oxidation sites excluding steroid dienone is 4. The van der Waals surface area contributed by atoms with Crippen molar-refractivity contribution in [2.75, 3.05) is 0 Å². The fourth-order valence-corrected chi connectivity index (χ4v) is 2.53. The minimum atomic E-state index is 0. The smallest absolute Gasteiger partial charge is 0 e. The summed E-state index contributed by atoms with van der Waals surface area (Å²) in [7, 11) is 0. The first-order valence-corrected chi connectivity index (χ1v) is 7.01. The molecule has 2 aromatic carbocycles. The van der Waals surface area contributed by atoms with E-state index in [1.165, 1.54) is 22.3 Å². The Morgan fingerprint density at radius 3 is 2.38 bits per heavy atom. The molecule has 1 aliphatic rings. The van der Waals surface area contributed by atoms with Crippen molar-refractivity contribution in [1.82, 2.24) is 0 Å². The van der Waals surface area contributed by atoms with Gasteiger partial charge in [0.2, 0.25) is 0 Å². The summed E-state index contributed by atoms with van der Waals surface area (Å²) in [4.78, 5) is 0. The Kier molecular flexibility index (Phi) is 5.61. The summed E-state index contributed by atoms with van der Waals surface area (Å²) < 4.78 is 0. The molecular weight excluding hydrogens is 290 g/mol. The first-order valence-electron chi connectivity index (χ1n) is 7.01. The second-order valence-electron chi connectivity index (χ2n) is 5.13. The predicted octanol–water partition coefficient (Wildman–Crippen LogP) is 5.62. The fourth-order valence-electron chi connectivity index (χ4n) is 2.53. The number of hydrogen-bond acceptors (Lipinski definition) is 0. The average molecular weight is 308 g/mol. The monoisotopic (exact) mass is 308 g/mol. The van der Waals surface area contributed by atoms with Gasteiger partial charge in [-0.2, -0.15) is 0 Å². The first-order chi connectivity index (χ1) is 9.83. The summed E-state index contributed by atoms with van der Waals surface area (Å²) in [6, 6.07) is 18.7. The van der Waals surface area contributed by atoms with Gasteiger partial charge in [0.25, 0.3) is 0 Å². The van der Waals surface area contributed by atoms with Crippen molar-refractivity contribution in [2.45, 2.75) is 19.9 Å². The van der Waals surface area contributed by atoms with Gasteiger partial charge in [-0.05, 0) is 24.5 Å². The number of rotatable bonds is 4. The van der Waals surface area contributed by atoms with Crippen LogP contribution in [0, 0.1) is 0 Å². The van der Waals surface area contributed by atoms with Crippen molar-refractivity contribution in [3.63, 3.8) is 0 Å². The van der Waals surface area contributed by atoms with Crippen LogP contribution in [0.3, 0.4) is 0 Å². The second-order valence-corrected chi connectivity index (χ2v) is 5.13. The topological polar surface area (TPSA) is 14.1 Å². The molecule has 0 radical (unpaired) electrons. The molecule has 1 nitrogen and oxygen atoms in total. The maximum Gasteiger partial charge on any atom is 0 e. The van der Waals surface area contributed by atoms with E-state index in [0.717, 1.165) is 18.7 Å². The van der Waals surface area contributed by atoms with E-state index in [2.05, 4.69) is 48.7 Å². The van der Waals surface area contributed by atoms with Crippen LogP contribution in [0.2, 0.25) is 0 Å². The molecule has 0 saturated carbocycles. The third kappa shape index (κ3) is 3.97. The molecule has 0 heterocycles. The van der Waals surface area contributed by atoms with Crippen LogP contribution in [-0.2, 0) is 28.3 Å². The van der Waals surface area contributed by atoms with E-state index in [1.807, 2.05) is 30.3 Å². The van der Waals surface area contributed by atoms with Crippen molar-refractivity contribution in [1.29, 1.82) is 0 Å². The Labute approximate surface area is 141 Å². The standard InChI is InChI=1S/C19H18N.Ti/c1-15-11-12-16(13-15)19-10-6-5-7-17(19)14-20-18-8-3-2-4-9-18;/h2-11,13H,12,14H2,1H3;/q-1;. The van der Waals surface area contributed by atoms with Crippen LogP contribution in [0.5, 0.6) is 0 Å². The molecule has 0 aromatic heterocycles. The van der Waals surface area contributed by atoms with Crippen LogP contribution < -0.4 is 0 Å². The largest absolute Gasteiger partial charge is 0.681 e. The normalized spacial score (nSPS) is 13.2. The molecule has 0 amide bonds. The van der Waals surface area contributed by atoms with Gasteiger partial charge in [0.1, 0.15) is 0 Å².